The van der Waals surface area contributed by atoms with Gasteiger partial charge in [0.25, 0.3) is 0 Å². The number of rotatable bonds is 16. The Morgan fingerprint density at radius 2 is 1.58 bits per heavy atom. The summed E-state index contributed by atoms with van der Waals surface area (Å²) in [7, 11) is -2.61. The van der Waals surface area contributed by atoms with Crippen molar-refractivity contribution in [3.8, 4) is 22.4 Å². The molecule has 1 atom stereocenters. The van der Waals surface area contributed by atoms with Crippen LogP contribution in [0.5, 0.6) is 0 Å². The number of nitrogens with zero attached hydrogens (tertiary/aromatic N) is 5. The molecule has 1 unspecified atom stereocenters. The van der Waals surface area contributed by atoms with Gasteiger partial charge in [0.1, 0.15) is 13.5 Å². The number of hydrogen-bond acceptors (Lipinski definition) is 8. The summed E-state index contributed by atoms with van der Waals surface area (Å²) in [5.41, 5.74) is 2.79. The van der Waals surface area contributed by atoms with Crippen LogP contribution in [-0.2, 0) is 19.0 Å². The molecule has 0 bridgehead atoms. The number of carbonyl (C=O) groups is 1. The van der Waals surface area contributed by atoms with E-state index in [1.54, 1.807) is 6.92 Å². The molecule has 13 heteroatoms. The molecule has 2 aliphatic carbocycles. The number of esters is 1. The fourth-order valence-corrected chi connectivity index (χ4v) is 9.64. The molecule has 4 aromatic rings. The minimum atomic E-state index is -1.89. The van der Waals surface area contributed by atoms with Gasteiger partial charge in [-0.1, -0.05) is 75.7 Å². The summed E-state index contributed by atoms with van der Waals surface area (Å²) in [5.74, 6) is 0.148. The van der Waals surface area contributed by atoms with Crippen LogP contribution in [0.15, 0.2) is 59.3 Å². The van der Waals surface area contributed by atoms with Crippen molar-refractivity contribution in [2.45, 2.75) is 102 Å². The van der Waals surface area contributed by atoms with E-state index in [-0.39, 0.29) is 18.9 Å². The van der Waals surface area contributed by atoms with Crippen molar-refractivity contribution in [3.05, 3.63) is 65.0 Å². The van der Waals surface area contributed by atoms with Crippen molar-refractivity contribution in [2.75, 3.05) is 38.2 Å². The molecule has 286 valence electrons. The highest BCUT2D eigenvalue weighted by molar-refractivity contribution is 9.10. The number of benzene rings is 1. The highest BCUT2D eigenvalue weighted by atomic mass is 79.9. The standard InChI is InChI=1S/C40H55BrFN5O4Si2/c1-8-51-38(48)40(42)26-39(40)18-16-30(17-19-39)35-34(41)37(46(27-49-20-22-52(2,3)4)28-50-21-23-53(5,6)7)47-36(45-35)32(25-44-47)31-14-15-33(43-24-31)29-12-10-9-11-13-29/h9-15,24-25,30H,8,16-23,26-28H2,1-7H3. The minimum Gasteiger partial charge on any atom is -0.464 e. The summed E-state index contributed by atoms with van der Waals surface area (Å²) in [6.07, 6.45) is 6.59. The van der Waals surface area contributed by atoms with E-state index in [9.17, 15) is 4.79 Å². The first kappa shape index (κ1) is 39.7. The van der Waals surface area contributed by atoms with Gasteiger partial charge >= 0.3 is 5.97 Å². The Kier molecular flexibility index (Phi) is 12.0. The summed E-state index contributed by atoms with van der Waals surface area (Å²) in [6.45, 7) is 18.0. The molecule has 0 saturated heterocycles. The molecular weight excluding hydrogens is 770 g/mol. The van der Waals surface area contributed by atoms with Crippen LogP contribution in [0.4, 0.5) is 10.2 Å². The molecule has 0 radical (unpaired) electrons. The van der Waals surface area contributed by atoms with Crippen molar-refractivity contribution in [1.82, 2.24) is 19.6 Å². The summed E-state index contributed by atoms with van der Waals surface area (Å²) in [4.78, 5) is 24.8. The van der Waals surface area contributed by atoms with E-state index in [2.05, 4.69) is 78.3 Å². The Morgan fingerprint density at radius 3 is 2.15 bits per heavy atom. The van der Waals surface area contributed by atoms with Crippen molar-refractivity contribution in [1.29, 1.82) is 0 Å². The van der Waals surface area contributed by atoms with Crippen LogP contribution >= 0.6 is 15.9 Å². The monoisotopic (exact) mass is 823 g/mol. The highest BCUT2D eigenvalue weighted by Gasteiger charge is 2.74. The van der Waals surface area contributed by atoms with Crippen LogP contribution in [-0.4, -0.2) is 80.7 Å². The first-order valence-corrected chi connectivity index (χ1v) is 27.2. The van der Waals surface area contributed by atoms with Gasteiger partial charge in [-0.25, -0.2) is 14.2 Å². The average molecular weight is 825 g/mol. The van der Waals surface area contributed by atoms with Crippen molar-refractivity contribution in [2.24, 2.45) is 5.41 Å². The largest absolute Gasteiger partial charge is 0.464 e. The first-order valence-electron chi connectivity index (χ1n) is 19.0. The van der Waals surface area contributed by atoms with Gasteiger partial charge in [0.2, 0.25) is 5.67 Å². The maximum absolute atomic E-state index is 15.8. The highest BCUT2D eigenvalue weighted by Crippen LogP contribution is 2.68. The lowest BCUT2D eigenvalue weighted by Gasteiger charge is -2.32. The Morgan fingerprint density at radius 1 is 0.943 bits per heavy atom. The molecule has 1 aromatic carbocycles. The van der Waals surface area contributed by atoms with Crippen LogP contribution in [0.2, 0.25) is 51.4 Å². The molecule has 3 aromatic heterocycles. The second kappa shape index (κ2) is 16.0. The van der Waals surface area contributed by atoms with Crippen LogP contribution in [0.3, 0.4) is 0 Å². The molecule has 9 nitrogen and oxygen atoms in total. The van der Waals surface area contributed by atoms with Crippen molar-refractivity contribution >= 4 is 49.5 Å². The van der Waals surface area contributed by atoms with E-state index in [4.69, 9.17) is 29.3 Å². The number of fused-ring (bicyclic) bond motifs is 1. The van der Waals surface area contributed by atoms with Gasteiger partial charge in [-0.15, -0.1) is 0 Å². The number of alkyl halides is 1. The predicted octanol–water partition coefficient (Wildman–Crippen LogP) is 9.97. The van der Waals surface area contributed by atoms with Gasteiger partial charge in [-0.05, 0) is 66.7 Å². The van der Waals surface area contributed by atoms with Crippen LogP contribution in [0.25, 0.3) is 28.0 Å². The normalized spacial score (nSPS) is 21.6. The molecule has 6 rings (SSSR count). The number of ether oxygens (including phenoxy) is 3. The zero-order valence-corrected chi connectivity index (χ0v) is 36.0. The Hall–Kier alpha value is -2.98. The average Bonchev–Trinajstić information content (AvgIpc) is 3.47. The Balaban J connectivity index is 1.37. The maximum Gasteiger partial charge on any atom is 0.344 e. The zero-order valence-electron chi connectivity index (χ0n) is 32.4. The molecule has 2 fully saturated rings. The van der Waals surface area contributed by atoms with E-state index in [1.165, 1.54) is 0 Å². The number of hydrogen-bond donors (Lipinski definition) is 0. The minimum absolute atomic E-state index is 0.0506. The number of carbonyl (C=O) groups excluding carboxylic acids is 1. The van der Waals surface area contributed by atoms with Crippen molar-refractivity contribution < 1.29 is 23.4 Å². The van der Waals surface area contributed by atoms with E-state index in [0.29, 0.717) is 58.0 Å². The molecule has 1 spiro atoms. The second-order valence-corrected chi connectivity index (χ2v) is 29.3. The van der Waals surface area contributed by atoms with Gasteiger partial charge < -0.3 is 19.1 Å². The van der Waals surface area contributed by atoms with E-state index < -0.39 is 33.2 Å². The smallest absolute Gasteiger partial charge is 0.344 e. The molecule has 2 aliphatic rings. The number of pyridine rings is 1. The predicted molar refractivity (Wildman–Crippen MR) is 219 cm³/mol. The topological polar surface area (TPSA) is 91.1 Å². The molecule has 0 amide bonds. The van der Waals surface area contributed by atoms with Crippen LogP contribution < -0.4 is 4.90 Å². The number of halogens is 2. The SMILES string of the molecule is CCOC(=O)C1(F)CC12CCC(c1nc3c(-c4ccc(-c5ccccc5)nc4)cnn3c(N(COCC[Si](C)(C)C)COCC[Si](C)(C)C)c1Br)CC2. The van der Waals surface area contributed by atoms with E-state index in [0.717, 1.165) is 50.5 Å². The fraction of sp³-hybridized carbons (Fsp3) is 0.550. The van der Waals surface area contributed by atoms with Gasteiger partial charge in [-0.2, -0.15) is 9.61 Å². The summed E-state index contributed by atoms with van der Waals surface area (Å²) in [5, 5.41) is 4.92. The zero-order chi connectivity index (χ0) is 38.0. The quantitative estimate of drug-likeness (QED) is 0.0478. The lowest BCUT2D eigenvalue weighted by atomic mass is 9.76. The van der Waals surface area contributed by atoms with Crippen molar-refractivity contribution in [3.63, 3.8) is 0 Å². The maximum atomic E-state index is 15.8. The third-order valence-corrected chi connectivity index (χ3v) is 14.9. The lowest BCUT2D eigenvalue weighted by molar-refractivity contribution is -0.153. The first-order chi connectivity index (χ1) is 25.1. The van der Waals surface area contributed by atoms with Gasteiger partial charge in [0, 0.05) is 70.0 Å². The fourth-order valence-electron chi connectivity index (χ4n) is 7.29. The Bertz CT molecular complexity index is 1850. The molecule has 3 heterocycles. The third-order valence-electron chi connectivity index (χ3n) is 10.7. The van der Waals surface area contributed by atoms with Crippen LogP contribution in [0, 0.1) is 5.41 Å². The van der Waals surface area contributed by atoms with Crippen LogP contribution in [0.1, 0.15) is 50.6 Å². The van der Waals surface area contributed by atoms with E-state index in [1.807, 2.05) is 41.2 Å². The molecule has 0 aliphatic heterocycles. The molecular formula is C40H55BrFN5O4Si2. The summed E-state index contributed by atoms with van der Waals surface area (Å²) in [6, 6.07) is 16.3. The second-order valence-electron chi connectivity index (χ2n) is 17.2. The summed E-state index contributed by atoms with van der Waals surface area (Å²) >= 11 is 4.01. The molecule has 53 heavy (non-hydrogen) atoms. The number of aromatic nitrogens is 4. The molecule has 2 saturated carbocycles. The summed E-state index contributed by atoms with van der Waals surface area (Å²) < 4.78 is 36.4. The van der Waals surface area contributed by atoms with Gasteiger partial charge in [0.15, 0.2) is 11.5 Å². The van der Waals surface area contributed by atoms with E-state index >= 15 is 4.39 Å². The lowest BCUT2D eigenvalue weighted by Crippen LogP contribution is -2.34. The molecule has 0 N–H and O–H groups in total. The van der Waals surface area contributed by atoms with Gasteiger partial charge in [-0.3, -0.25) is 4.98 Å². The van der Waals surface area contributed by atoms with Gasteiger partial charge in [0.05, 0.1) is 28.7 Å². The number of anilines is 1. The Labute approximate surface area is 324 Å². The third kappa shape index (κ3) is 8.96.